The SMILES string of the molecule is CC(C)(C)C(=O)N1CCC(NCc2cncc(Br)c2)CC1. The van der Waals surface area contributed by atoms with Crippen molar-refractivity contribution in [1.29, 1.82) is 0 Å². The van der Waals surface area contributed by atoms with Gasteiger partial charge < -0.3 is 10.2 Å². The fourth-order valence-corrected chi connectivity index (χ4v) is 2.99. The maximum atomic E-state index is 12.2. The second-order valence-electron chi connectivity index (χ2n) is 6.71. The lowest BCUT2D eigenvalue weighted by Crippen LogP contribution is -2.48. The molecule has 1 N–H and O–H groups in total. The first-order valence-corrected chi connectivity index (χ1v) is 8.28. The minimum Gasteiger partial charge on any atom is -0.342 e. The second kappa shape index (κ2) is 6.88. The summed E-state index contributed by atoms with van der Waals surface area (Å²) in [6, 6.07) is 2.56. The number of amides is 1. The summed E-state index contributed by atoms with van der Waals surface area (Å²) in [5.41, 5.74) is 0.903. The van der Waals surface area contributed by atoms with Crippen LogP contribution < -0.4 is 5.32 Å². The van der Waals surface area contributed by atoms with Crippen LogP contribution in [-0.4, -0.2) is 34.9 Å². The van der Waals surface area contributed by atoms with E-state index in [-0.39, 0.29) is 11.3 Å². The summed E-state index contributed by atoms with van der Waals surface area (Å²) in [6.45, 7) is 8.49. The largest absolute Gasteiger partial charge is 0.342 e. The smallest absolute Gasteiger partial charge is 0.227 e. The Morgan fingerprint density at radius 2 is 2.05 bits per heavy atom. The standard InChI is InChI=1S/C16H24BrN3O/c1-16(2,3)15(21)20-6-4-14(5-7-20)19-10-12-8-13(17)11-18-9-12/h8-9,11,14,19H,4-7,10H2,1-3H3. The quantitative estimate of drug-likeness (QED) is 0.908. The van der Waals surface area contributed by atoms with Crippen molar-refractivity contribution in [3.63, 3.8) is 0 Å². The second-order valence-corrected chi connectivity index (χ2v) is 7.62. The molecular formula is C16H24BrN3O. The first-order valence-electron chi connectivity index (χ1n) is 7.48. The van der Waals surface area contributed by atoms with Crippen LogP contribution >= 0.6 is 15.9 Å². The van der Waals surface area contributed by atoms with Gasteiger partial charge in [-0.1, -0.05) is 20.8 Å². The normalized spacial score (nSPS) is 17.0. The number of hydrogen-bond acceptors (Lipinski definition) is 3. The van der Waals surface area contributed by atoms with Crippen LogP contribution in [0.2, 0.25) is 0 Å². The molecule has 0 radical (unpaired) electrons. The zero-order valence-corrected chi connectivity index (χ0v) is 14.6. The molecule has 0 aromatic carbocycles. The Hall–Kier alpha value is -0.940. The van der Waals surface area contributed by atoms with Gasteiger partial charge in [0.25, 0.3) is 0 Å². The molecule has 1 aromatic rings. The molecule has 0 spiro atoms. The van der Waals surface area contributed by atoms with E-state index >= 15 is 0 Å². The monoisotopic (exact) mass is 353 g/mol. The number of nitrogens with zero attached hydrogens (tertiary/aromatic N) is 2. The number of pyridine rings is 1. The lowest BCUT2D eigenvalue weighted by atomic mass is 9.93. The summed E-state index contributed by atoms with van der Waals surface area (Å²) in [6.07, 6.45) is 5.71. The number of aromatic nitrogens is 1. The molecule has 4 nitrogen and oxygen atoms in total. The van der Waals surface area contributed by atoms with Crippen LogP contribution in [0.1, 0.15) is 39.2 Å². The highest BCUT2D eigenvalue weighted by Gasteiger charge is 2.30. The number of likely N-dealkylation sites (tertiary alicyclic amines) is 1. The minimum atomic E-state index is -0.276. The highest BCUT2D eigenvalue weighted by molar-refractivity contribution is 9.10. The predicted molar refractivity (Wildman–Crippen MR) is 87.8 cm³/mol. The summed E-state index contributed by atoms with van der Waals surface area (Å²) in [5, 5.41) is 3.56. The molecular weight excluding hydrogens is 330 g/mol. The third-order valence-corrected chi connectivity index (χ3v) is 4.21. The molecule has 1 amide bonds. The van der Waals surface area contributed by atoms with Crippen LogP contribution in [0.15, 0.2) is 22.9 Å². The fourth-order valence-electron chi connectivity index (χ4n) is 2.58. The Bertz CT molecular complexity index is 491. The number of carbonyl (C=O) groups is 1. The van der Waals surface area contributed by atoms with Crippen molar-refractivity contribution in [1.82, 2.24) is 15.2 Å². The van der Waals surface area contributed by atoms with Gasteiger partial charge in [0.15, 0.2) is 0 Å². The fraction of sp³-hybridized carbons (Fsp3) is 0.625. The molecule has 1 fully saturated rings. The van der Waals surface area contributed by atoms with Gasteiger partial charge in [-0.15, -0.1) is 0 Å². The van der Waals surface area contributed by atoms with Gasteiger partial charge >= 0.3 is 0 Å². The molecule has 0 atom stereocenters. The van der Waals surface area contributed by atoms with Gasteiger partial charge in [-0.2, -0.15) is 0 Å². The molecule has 0 unspecified atom stereocenters. The molecule has 1 saturated heterocycles. The molecule has 0 saturated carbocycles. The van der Waals surface area contributed by atoms with Crippen molar-refractivity contribution in [3.05, 3.63) is 28.5 Å². The maximum Gasteiger partial charge on any atom is 0.227 e. The first-order chi connectivity index (χ1) is 9.86. The number of carbonyl (C=O) groups excluding carboxylic acids is 1. The average Bonchev–Trinajstić information content (AvgIpc) is 2.44. The average molecular weight is 354 g/mol. The zero-order chi connectivity index (χ0) is 15.5. The highest BCUT2D eigenvalue weighted by atomic mass is 79.9. The minimum absolute atomic E-state index is 0.261. The van der Waals surface area contributed by atoms with Gasteiger partial charge in [-0.25, -0.2) is 0 Å². The Balaban J connectivity index is 1.78. The van der Waals surface area contributed by atoms with Crippen molar-refractivity contribution in [2.45, 2.75) is 46.2 Å². The summed E-state index contributed by atoms with van der Waals surface area (Å²) in [7, 11) is 0. The molecule has 2 rings (SSSR count). The van der Waals surface area contributed by atoms with E-state index in [0.29, 0.717) is 6.04 Å². The number of nitrogens with one attached hydrogen (secondary N) is 1. The van der Waals surface area contributed by atoms with Crippen LogP contribution in [0.3, 0.4) is 0 Å². The van der Waals surface area contributed by atoms with Crippen LogP contribution in [0.5, 0.6) is 0 Å². The van der Waals surface area contributed by atoms with Gasteiger partial charge in [0.2, 0.25) is 5.91 Å². The Labute approximate surface area is 135 Å². The van der Waals surface area contributed by atoms with E-state index in [4.69, 9.17) is 0 Å². The van der Waals surface area contributed by atoms with Crippen LogP contribution in [0.25, 0.3) is 0 Å². The lowest BCUT2D eigenvalue weighted by Gasteiger charge is -2.36. The van der Waals surface area contributed by atoms with Crippen LogP contribution in [0.4, 0.5) is 0 Å². The summed E-state index contributed by atoms with van der Waals surface area (Å²) < 4.78 is 1.01. The van der Waals surface area contributed by atoms with Crippen molar-refractivity contribution < 1.29 is 4.79 Å². The maximum absolute atomic E-state index is 12.2. The predicted octanol–water partition coefficient (Wildman–Crippen LogP) is 2.97. The molecule has 5 heteroatoms. The zero-order valence-electron chi connectivity index (χ0n) is 13.0. The third kappa shape index (κ3) is 4.78. The number of hydrogen-bond donors (Lipinski definition) is 1. The number of rotatable bonds is 3. The van der Waals surface area contributed by atoms with Crippen LogP contribution in [0, 0.1) is 5.41 Å². The molecule has 2 heterocycles. The molecule has 1 aromatic heterocycles. The summed E-state index contributed by atoms with van der Waals surface area (Å²) in [4.78, 5) is 18.4. The molecule has 21 heavy (non-hydrogen) atoms. The number of halogens is 1. The Morgan fingerprint density at radius 3 is 2.62 bits per heavy atom. The molecule has 116 valence electrons. The van der Waals surface area contributed by atoms with Crippen molar-refractivity contribution >= 4 is 21.8 Å². The van der Waals surface area contributed by atoms with Gasteiger partial charge in [0, 0.05) is 48.0 Å². The van der Waals surface area contributed by atoms with E-state index in [0.717, 1.165) is 36.9 Å². The van der Waals surface area contributed by atoms with Gasteiger partial charge in [0.05, 0.1) is 0 Å². The van der Waals surface area contributed by atoms with E-state index in [1.54, 1.807) is 6.20 Å². The van der Waals surface area contributed by atoms with E-state index in [1.165, 1.54) is 5.56 Å². The van der Waals surface area contributed by atoms with Crippen molar-refractivity contribution in [3.8, 4) is 0 Å². The first kappa shape index (κ1) is 16.4. The van der Waals surface area contributed by atoms with E-state index < -0.39 is 0 Å². The summed E-state index contributed by atoms with van der Waals surface area (Å²) >= 11 is 3.44. The number of piperidine rings is 1. The van der Waals surface area contributed by atoms with E-state index in [2.05, 4.69) is 32.3 Å². The molecule has 0 bridgehead atoms. The van der Waals surface area contributed by atoms with Gasteiger partial charge in [-0.05, 0) is 40.4 Å². The molecule has 0 aliphatic carbocycles. The van der Waals surface area contributed by atoms with Crippen molar-refractivity contribution in [2.24, 2.45) is 5.41 Å². The van der Waals surface area contributed by atoms with Gasteiger partial charge in [0.1, 0.15) is 0 Å². The Kier molecular flexibility index (Phi) is 5.38. The third-order valence-electron chi connectivity index (χ3n) is 3.78. The topological polar surface area (TPSA) is 45.2 Å². The Morgan fingerprint density at radius 1 is 1.38 bits per heavy atom. The highest BCUT2D eigenvalue weighted by Crippen LogP contribution is 2.21. The van der Waals surface area contributed by atoms with Crippen LogP contribution in [-0.2, 0) is 11.3 Å². The van der Waals surface area contributed by atoms with Gasteiger partial charge in [-0.3, -0.25) is 9.78 Å². The molecule has 1 aliphatic heterocycles. The lowest BCUT2D eigenvalue weighted by molar-refractivity contribution is -0.140. The molecule has 1 aliphatic rings. The van der Waals surface area contributed by atoms with E-state index in [9.17, 15) is 4.79 Å². The van der Waals surface area contributed by atoms with Crippen molar-refractivity contribution in [2.75, 3.05) is 13.1 Å². The van der Waals surface area contributed by atoms with E-state index in [1.807, 2.05) is 31.9 Å². The summed E-state index contributed by atoms with van der Waals surface area (Å²) in [5.74, 6) is 0.261.